The molecule has 4 nitrogen and oxygen atoms in total. The van der Waals surface area contributed by atoms with E-state index in [1.54, 1.807) is 0 Å². The van der Waals surface area contributed by atoms with Crippen molar-refractivity contribution in [1.29, 1.82) is 0 Å². The zero-order valence-corrected chi connectivity index (χ0v) is 21.1. The van der Waals surface area contributed by atoms with E-state index >= 15 is 0 Å². The molecular formula is C33H34N4. The van der Waals surface area contributed by atoms with Gasteiger partial charge >= 0.3 is 0 Å². The Kier molecular flexibility index (Phi) is 8.40. The fourth-order valence-corrected chi connectivity index (χ4v) is 4.77. The van der Waals surface area contributed by atoms with Crippen LogP contribution in [-0.2, 0) is 0 Å². The van der Waals surface area contributed by atoms with E-state index in [9.17, 15) is 0 Å². The fraction of sp³-hybridized carbons (Fsp3) is 0.212. The summed E-state index contributed by atoms with van der Waals surface area (Å²) in [6.45, 7) is 1.61. The Balaban J connectivity index is 1.64. The number of nitrogens with one attached hydrogen (secondary N) is 2. The van der Waals surface area contributed by atoms with Crippen molar-refractivity contribution >= 4 is 11.4 Å². The van der Waals surface area contributed by atoms with Gasteiger partial charge in [-0.2, -0.15) is 0 Å². The zero-order valence-electron chi connectivity index (χ0n) is 21.1. The molecule has 2 aromatic rings. The van der Waals surface area contributed by atoms with Crippen LogP contribution in [0.25, 0.3) is 0 Å². The Bertz CT molecular complexity index is 1190. The summed E-state index contributed by atoms with van der Waals surface area (Å²) >= 11 is 0. The van der Waals surface area contributed by atoms with Crippen LogP contribution in [0.4, 0.5) is 0 Å². The molecular weight excluding hydrogens is 452 g/mol. The molecule has 0 radical (unpaired) electrons. The van der Waals surface area contributed by atoms with Crippen LogP contribution < -0.4 is 10.6 Å². The summed E-state index contributed by atoms with van der Waals surface area (Å²) in [4.78, 5) is 10.00. The molecule has 1 aliphatic heterocycles. The number of fused-ring (bicyclic) bond motifs is 2. The zero-order chi connectivity index (χ0) is 25.1. The lowest BCUT2D eigenvalue weighted by molar-refractivity contribution is 0.448. The van der Waals surface area contributed by atoms with Gasteiger partial charge < -0.3 is 10.6 Å². The molecule has 2 N–H and O–H groups in total. The third-order valence-corrected chi connectivity index (χ3v) is 6.68. The first-order valence-corrected chi connectivity index (χ1v) is 13.2. The van der Waals surface area contributed by atoms with Gasteiger partial charge in [0.1, 0.15) is 0 Å². The number of rotatable bonds is 2. The van der Waals surface area contributed by atoms with Gasteiger partial charge in [0.05, 0.1) is 34.9 Å². The summed E-state index contributed by atoms with van der Waals surface area (Å²) in [5, 5.41) is 7.81. The monoisotopic (exact) mass is 486 g/mol. The van der Waals surface area contributed by atoms with Crippen molar-refractivity contribution in [3.8, 4) is 0 Å². The molecule has 0 spiro atoms. The van der Waals surface area contributed by atoms with Crippen LogP contribution >= 0.6 is 0 Å². The van der Waals surface area contributed by atoms with Crippen LogP contribution in [0.5, 0.6) is 0 Å². The minimum Gasteiger partial charge on any atom is -0.374 e. The molecule has 2 aromatic carbocycles. The van der Waals surface area contributed by atoms with Crippen molar-refractivity contribution in [2.24, 2.45) is 9.98 Å². The summed E-state index contributed by atoms with van der Waals surface area (Å²) in [7, 11) is 0. The van der Waals surface area contributed by atoms with Crippen molar-refractivity contribution in [1.82, 2.24) is 10.6 Å². The van der Waals surface area contributed by atoms with Crippen LogP contribution in [0.2, 0.25) is 0 Å². The molecule has 0 saturated carbocycles. The number of hydrogen-bond donors (Lipinski definition) is 2. The molecule has 0 aromatic heterocycles. The van der Waals surface area contributed by atoms with E-state index in [-0.39, 0.29) is 12.1 Å². The molecule has 5 rings (SSSR count). The number of allylic oxidation sites excluding steroid dienone is 10. The Morgan fingerprint density at radius 3 is 1.43 bits per heavy atom. The molecule has 0 fully saturated rings. The van der Waals surface area contributed by atoms with E-state index in [0.717, 1.165) is 55.2 Å². The molecule has 186 valence electrons. The van der Waals surface area contributed by atoms with Crippen molar-refractivity contribution in [3.05, 3.63) is 144 Å². The van der Waals surface area contributed by atoms with Crippen LogP contribution in [0, 0.1) is 0 Å². The van der Waals surface area contributed by atoms with E-state index in [0.29, 0.717) is 0 Å². The second-order valence-electron chi connectivity index (χ2n) is 9.31. The molecule has 2 aliphatic carbocycles. The average Bonchev–Trinajstić information content (AvgIpc) is 3.31. The third kappa shape index (κ3) is 6.53. The van der Waals surface area contributed by atoms with E-state index < -0.39 is 0 Å². The van der Waals surface area contributed by atoms with Gasteiger partial charge in [-0.15, -0.1) is 0 Å². The highest BCUT2D eigenvalue weighted by molar-refractivity contribution is 6.09. The first-order chi connectivity index (χ1) is 18.4. The minimum atomic E-state index is -0.0663. The predicted molar refractivity (Wildman–Crippen MR) is 156 cm³/mol. The van der Waals surface area contributed by atoms with Gasteiger partial charge in [-0.05, 0) is 54.7 Å². The van der Waals surface area contributed by atoms with E-state index in [1.807, 2.05) is 0 Å². The predicted octanol–water partition coefficient (Wildman–Crippen LogP) is 6.73. The van der Waals surface area contributed by atoms with Crippen molar-refractivity contribution in [2.75, 3.05) is 13.1 Å². The van der Waals surface area contributed by atoms with Gasteiger partial charge in [0.2, 0.25) is 0 Å². The molecule has 2 atom stereocenters. The summed E-state index contributed by atoms with van der Waals surface area (Å²) in [5.41, 5.74) is 6.43. The molecule has 0 bridgehead atoms. The summed E-state index contributed by atoms with van der Waals surface area (Å²) < 4.78 is 0. The minimum absolute atomic E-state index is 0.0663. The Hall–Kier alpha value is -4.18. The highest BCUT2D eigenvalue weighted by Crippen LogP contribution is 2.32. The largest absolute Gasteiger partial charge is 0.374 e. The van der Waals surface area contributed by atoms with E-state index in [2.05, 4.69) is 132 Å². The second kappa shape index (κ2) is 12.7. The van der Waals surface area contributed by atoms with Crippen LogP contribution in [0.1, 0.15) is 42.5 Å². The average molecular weight is 487 g/mol. The molecule has 1 heterocycles. The summed E-state index contributed by atoms with van der Waals surface area (Å²) in [5.74, 6) is 0. The van der Waals surface area contributed by atoms with Gasteiger partial charge in [0, 0.05) is 13.1 Å². The van der Waals surface area contributed by atoms with Crippen LogP contribution in [-0.4, -0.2) is 24.5 Å². The van der Waals surface area contributed by atoms with Gasteiger partial charge in [0.15, 0.2) is 0 Å². The number of hydrogen-bond acceptors (Lipinski definition) is 4. The van der Waals surface area contributed by atoms with Crippen molar-refractivity contribution in [3.63, 3.8) is 0 Å². The molecule has 3 aliphatic rings. The normalized spacial score (nSPS) is 22.2. The standard InChI is InChI=1S/C33H34N4/c1-6-16-26(17-7-1)32-33(27-18-8-2-9-19-27)37-31-23-13-4-11-21-29(31)35-25-15-5-14-24-34-28-20-10-3-12-22-30(28)36-32/h1-4,6-13,16-23,32-33,36-37H,5,14-15,24-25H2/t32-,33-/m0/s1. The smallest absolute Gasteiger partial charge is 0.0805 e. The third-order valence-electron chi connectivity index (χ3n) is 6.68. The van der Waals surface area contributed by atoms with Gasteiger partial charge in [-0.1, -0.05) is 97.1 Å². The van der Waals surface area contributed by atoms with Crippen molar-refractivity contribution < 1.29 is 0 Å². The lowest BCUT2D eigenvalue weighted by atomic mass is 9.92. The Morgan fingerprint density at radius 2 is 0.973 bits per heavy atom. The first kappa shape index (κ1) is 24.5. The summed E-state index contributed by atoms with van der Waals surface area (Å²) in [6, 6.07) is 21.2. The maximum Gasteiger partial charge on any atom is 0.0805 e. The quantitative estimate of drug-likeness (QED) is 0.494. The second-order valence-corrected chi connectivity index (χ2v) is 9.31. The molecule has 0 saturated heterocycles. The molecule has 37 heavy (non-hydrogen) atoms. The van der Waals surface area contributed by atoms with Crippen molar-refractivity contribution in [2.45, 2.75) is 31.3 Å². The lowest BCUT2D eigenvalue weighted by Gasteiger charge is -2.33. The van der Waals surface area contributed by atoms with Gasteiger partial charge in [-0.25, -0.2) is 0 Å². The molecule has 4 heteroatoms. The molecule has 0 amide bonds. The first-order valence-electron chi connectivity index (χ1n) is 13.2. The number of benzene rings is 2. The topological polar surface area (TPSA) is 48.8 Å². The van der Waals surface area contributed by atoms with Gasteiger partial charge in [0.25, 0.3) is 0 Å². The van der Waals surface area contributed by atoms with Crippen LogP contribution in [0.3, 0.4) is 0 Å². The number of aliphatic imine (C=N–C) groups is 2. The highest BCUT2D eigenvalue weighted by atomic mass is 15.1. The van der Waals surface area contributed by atoms with E-state index in [1.165, 1.54) is 11.1 Å². The Labute approximate surface area is 220 Å². The lowest BCUT2D eigenvalue weighted by Crippen LogP contribution is -2.37. The fourth-order valence-electron chi connectivity index (χ4n) is 4.77. The number of nitrogens with zero attached hydrogens (tertiary/aromatic N) is 2. The Morgan fingerprint density at radius 1 is 0.514 bits per heavy atom. The maximum absolute atomic E-state index is 5.00. The van der Waals surface area contributed by atoms with E-state index in [4.69, 9.17) is 9.98 Å². The van der Waals surface area contributed by atoms with Gasteiger partial charge in [-0.3, -0.25) is 9.98 Å². The summed E-state index contributed by atoms with van der Waals surface area (Å²) in [6.07, 6.45) is 24.1. The maximum atomic E-state index is 5.00. The highest BCUT2D eigenvalue weighted by Gasteiger charge is 2.28. The van der Waals surface area contributed by atoms with Crippen LogP contribution in [0.15, 0.2) is 143 Å². The molecule has 0 unspecified atom stereocenters. The SMILES string of the molecule is C1=CC=C2N[C@@H](c3ccccc3)[C@H](c3ccccc3)NC3=CC=CC=CC3=NCCCCCN=C2C=C1.